The number of hydrogen-bond acceptors (Lipinski definition) is 4. The van der Waals surface area contributed by atoms with Crippen molar-refractivity contribution in [1.29, 1.82) is 0 Å². The van der Waals surface area contributed by atoms with Gasteiger partial charge >= 0.3 is 6.18 Å². The van der Waals surface area contributed by atoms with Crippen LogP contribution in [-0.2, 0) is 16.2 Å². The Morgan fingerprint density at radius 2 is 2.00 bits per heavy atom. The molecule has 0 unspecified atom stereocenters. The number of nitrogens with one attached hydrogen (secondary N) is 1. The summed E-state index contributed by atoms with van der Waals surface area (Å²) in [6.07, 6.45) is -2.68. The molecule has 1 aliphatic rings. The fourth-order valence-electron chi connectivity index (χ4n) is 2.35. The molecule has 2 rings (SSSR count). The zero-order valence-corrected chi connectivity index (χ0v) is 14.0. The molecular weight excluding hydrogens is 355 g/mol. The van der Waals surface area contributed by atoms with Crippen LogP contribution in [0.3, 0.4) is 0 Å². The summed E-state index contributed by atoms with van der Waals surface area (Å²) in [5, 5.41) is 2.88. The molecular formula is C13H17ClF3N3O2S. The minimum Gasteiger partial charge on any atom is -0.366 e. The van der Waals surface area contributed by atoms with Gasteiger partial charge in [0.2, 0.25) is 10.0 Å². The second-order valence-electron chi connectivity index (χ2n) is 5.27. The van der Waals surface area contributed by atoms with Crippen LogP contribution in [-0.4, -0.2) is 42.6 Å². The first-order chi connectivity index (χ1) is 10.6. The molecule has 1 saturated heterocycles. The van der Waals surface area contributed by atoms with E-state index in [9.17, 15) is 21.6 Å². The molecule has 130 valence electrons. The van der Waals surface area contributed by atoms with Gasteiger partial charge in [-0.2, -0.15) is 13.2 Å². The Hall–Kier alpha value is -1.06. The summed E-state index contributed by atoms with van der Waals surface area (Å²) in [6.45, 7) is 2.32. The first-order valence-corrected chi connectivity index (χ1v) is 9.09. The number of hydrogen-bond donors (Lipinski definition) is 1. The summed E-state index contributed by atoms with van der Waals surface area (Å²) in [7, 11) is -3.21. The smallest absolute Gasteiger partial charge is 0.366 e. The van der Waals surface area contributed by atoms with E-state index < -0.39 is 21.8 Å². The van der Waals surface area contributed by atoms with Crippen LogP contribution in [0.1, 0.15) is 25.3 Å². The van der Waals surface area contributed by atoms with Crippen molar-refractivity contribution in [2.75, 3.05) is 24.2 Å². The lowest BCUT2D eigenvalue weighted by molar-refractivity contribution is -0.137. The Morgan fingerprint density at radius 3 is 2.48 bits per heavy atom. The molecule has 23 heavy (non-hydrogen) atoms. The highest BCUT2D eigenvalue weighted by Crippen LogP contribution is 2.33. The van der Waals surface area contributed by atoms with Gasteiger partial charge in [0.1, 0.15) is 5.82 Å². The van der Waals surface area contributed by atoms with E-state index in [1.54, 1.807) is 6.92 Å². The fourth-order valence-corrected chi connectivity index (χ4v) is 3.71. The van der Waals surface area contributed by atoms with Crippen molar-refractivity contribution in [3.05, 3.63) is 22.8 Å². The van der Waals surface area contributed by atoms with E-state index in [4.69, 9.17) is 11.6 Å². The quantitative estimate of drug-likeness (QED) is 0.883. The lowest BCUT2D eigenvalue weighted by Gasteiger charge is -2.31. The molecule has 0 aliphatic carbocycles. The van der Waals surface area contributed by atoms with Gasteiger partial charge in [0, 0.05) is 25.3 Å². The van der Waals surface area contributed by atoms with Gasteiger partial charge < -0.3 is 5.32 Å². The molecule has 1 N–H and O–H groups in total. The number of alkyl halides is 3. The average Bonchev–Trinajstić information content (AvgIpc) is 2.49. The van der Waals surface area contributed by atoms with Gasteiger partial charge in [0.25, 0.3) is 0 Å². The van der Waals surface area contributed by atoms with E-state index in [0.717, 1.165) is 12.3 Å². The van der Waals surface area contributed by atoms with Gasteiger partial charge in [-0.3, -0.25) is 0 Å². The number of aromatic nitrogens is 1. The van der Waals surface area contributed by atoms with E-state index in [1.807, 2.05) is 0 Å². The summed E-state index contributed by atoms with van der Waals surface area (Å²) < 4.78 is 62.7. The van der Waals surface area contributed by atoms with Crippen LogP contribution in [0.5, 0.6) is 0 Å². The summed E-state index contributed by atoms with van der Waals surface area (Å²) in [5.41, 5.74) is -0.906. The van der Waals surface area contributed by atoms with Gasteiger partial charge in [-0.1, -0.05) is 11.6 Å². The van der Waals surface area contributed by atoms with E-state index in [-0.39, 0.29) is 22.6 Å². The van der Waals surface area contributed by atoms with Crippen LogP contribution in [0, 0.1) is 0 Å². The minimum absolute atomic E-state index is 0.0530. The summed E-state index contributed by atoms with van der Waals surface area (Å²) in [6, 6.07) is 0.744. The number of rotatable bonds is 4. The molecule has 0 bridgehead atoms. The maximum atomic E-state index is 12.6. The summed E-state index contributed by atoms with van der Waals surface area (Å²) in [5.74, 6) is 0.230. The van der Waals surface area contributed by atoms with E-state index in [1.165, 1.54) is 4.31 Å². The highest BCUT2D eigenvalue weighted by molar-refractivity contribution is 7.89. The molecule has 0 atom stereocenters. The Labute approximate surface area is 137 Å². The molecule has 1 aliphatic heterocycles. The molecule has 0 amide bonds. The van der Waals surface area contributed by atoms with Crippen molar-refractivity contribution in [3.63, 3.8) is 0 Å². The average molecular weight is 372 g/mol. The third-order valence-electron chi connectivity index (χ3n) is 3.72. The highest BCUT2D eigenvalue weighted by Gasteiger charge is 2.32. The maximum absolute atomic E-state index is 12.6. The minimum atomic E-state index is -4.49. The summed E-state index contributed by atoms with van der Waals surface area (Å²) in [4.78, 5) is 3.73. The third kappa shape index (κ3) is 4.48. The summed E-state index contributed by atoms with van der Waals surface area (Å²) >= 11 is 5.85. The predicted octanol–water partition coefficient (Wildman–Crippen LogP) is 2.98. The molecule has 1 fully saturated rings. The first-order valence-electron chi connectivity index (χ1n) is 7.10. The monoisotopic (exact) mass is 371 g/mol. The molecule has 0 spiro atoms. The Morgan fingerprint density at radius 1 is 1.39 bits per heavy atom. The van der Waals surface area contributed by atoms with Crippen LogP contribution in [0.4, 0.5) is 19.0 Å². The number of anilines is 1. The van der Waals surface area contributed by atoms with E-state index in [0.29, 0.717) is 25.9 Å². The zero-order chi connectivity index (χ0) is 17.3. The third-order valence-corrected chi connectivity index (χ3v) is 5.89. The lowest BCUT2D eigenvalue weighted by Crippen LogP contribution is -2.43. The van der Waals surface area contributed by atoms with Crippen molar-refractivity contribution in [2.24, 2.45) is 0 Å². The van der Waals surface area contributed by atoms with E-state index in [2.05, 4.69) is 10.3 Å². The molecule has 10 heteroatoms. The topological polar surface area (TPSA) is 62.3 Å². The largest absolute Gasteiger partial charge is 0.417 e. The second-order valence-corrected chi connectivity index (χ2v) is 7.94. The van der Waals surface area contributed by atoms with Gasteiger partial charge in [-0.05, 0) is 25.8 Å². The van der Waals surface area contributed by atoms with Crippen molar-refractivity contribution in [1.82, 2.24) is 9.29 Å². The first kappa shape index (κ1) is 18.3. The standard InChI is InChI=1S/C13H17ClF3N3O2S/c1-2-23(21,22)20-5-3-10(4-6-20)19-12-11(14)7-9(8-18-12)13(15,16)17/h7-8,10H,2-6H2,1H3,(H,18,19). The van der Waals surface area contributed by atoms with Crippen LogP contribution in [0.2, 0.25) is 5.02 Å². The van der Waals surface area contributed by atoms with Crippen LogP contribution < -0.4 is 5.32 Å². The van der Waals surface area contributed by atoms with Gasteiger partial charge in [-0.15, -0.1) is 0 Å². The Balaban J connectivity index is 2.00. The molecule has 1 aromatic rings. The Bertz CT molecular complexity index is 659. The number of pyridine rings is 1. The van der Waals surface area contributed by atoms with Crippen molar-refractivity contribution in [2.45, 2.75) is 32.0 Å². The van der Waals surface area contributed by atoms with Gasteiger partial charge in [0.05, 0.1) is 16.3 Å². The van der Waals surface area contributed by atoms with Crippen LogP contribution in [0.25, 0.3) is 0 Å². The molecule has 0 saturated carbocycles. The van der Waals surface area contributed by atoms with Gasteiger partial charge in [0.15, 0.2) is 0 Å². The SMILES string of the molecule is CCS(=O)(=O)N1CCC(Nc2ncc(C(F)(F)F)cc2Cl)CC1. The highest BCUT2D eigenvalue weighted by atomic mass is 35.5. The molecule has 0 aromatic carbocycles. The number of sulfonamides is 1. The normalized spacial score (nSPS) is 18.1. The number of piperidine rings is 1. The van der Waals surface area contributed by atoms with Crippen molar-refractivity contribution >= 4 is 27.4 Å². The lowest BCUT2D eigenvalue weighted by atomic mass is 10.1. The molecule has 2 heterocycles. The number of halogens is 4. The molecule has 5 nitrogen and oxygen atoms in total. The predicted molar refractivity (Wildman–Crippen MR) is 81.9 cm³/mol. The van der Waals surface area contributed by atoms with Crippen LogP contribution in [0.15, 0.2) is 12.3 Å². The fraction of sp³-hybridized carbons (Fsp3) is 0.615. The van der Waals surface area contributed by atoms with Gasteiger partial charge in [-0.25, -0.2) is 17.7 Å². The van der Waals surface area contributed by atoms with E-state index >= 15 is 0 Å². The van der Waals surface area contributed by atoms with Crippen molar-refractivity contribution < 1.29 is 21.6 Å². The molecule has 1 aromatic heterocycles. The van der Waals surface area contributed by atoms with Crippen molar-refractivity contribution in [3.8, 4) is 0 Å². The Kier molecular flexibility index (Phi) is 5.42. The number of nitrogens with zero attached hydrogens (tertiary/aromatic N) is 2. The maximum Gasteiger partial charge on any atom is 0.417 e. The van der Waals surface area contributed by atoms with Crippen LogP contribution >= 0.6 is 11.6 Å². The molecule has 0 radical (unpaired) electrons. The zero-order valence-electron chi connectivity index (χ0n) is 12.4. The second kappa shape index (κ2) is 6.82.